The maximum Gasteiger partial charge on any atom is 0.203 e. The van der Waals surface area contributed by atoms with Gasteiger partial charge in [-0.15, -0.1) is 0 Å². The van der Waals surface area contributed by atoms with Gasteiger partial charge < -0.3 is 19.9 Å². The van der Waals surface area contributed by atoms with Crippen LogP contribution in [0.3, 0.4) is 0 Å². The second-order valence-electron chi connectivity index (χ2n) is 7.52. The van der Waals surface area contributed by atoms with Gasteiger partial charge >= 0.3 is 0 Å². The number of methoxy groups -OCH3 is 1. The van der Waals surface area contributed by atoms with E-state index in [1.54, 1.807) is 30.5 Å². The molecule has 2 atom stereocenters. The van der Waals surface area contributed by atoms with Crippen LogP contribution in [0.25, 0.3) is 11.0 Å². The van der Waals surface area contributed by atoms with Crippen LogP contribution in [0.2, 0.25) is 0 Å². The standard InChI is InChI=1S/C21H26N4O3S/c1-15-7-10-22-14-21(15,29(26,27)17-6-4-5-16(13-17)28-3)25(2)19-9-12-24-20-18(19)8-11-23-20/h4-6,8-9,11-13,15,22H,7,10,14H2,1-3H3,(H,23,24)/t15-,21+/m1/s1. The Morgan fingerprint density at radius 1 is 1.28 bits per heavy atom. The maximum atomic E-state index is 14.1. The van der Waals surface area contributed by atoms with Gasteiger partial charge in [-0.05, 0) is 49.2 Å². The summed E-state index contributed by atoms with van der Waals surface area (Å²) in [5.41, 5.74) is 1.57. The van der Waals surface area contributed by atoms with Crippen LogP contribution in [0, 0.1) is 5.92 Å². The molecule has 1 fully saturated rings. The summed E-state index contributed by atoms with van der Waals surface area (Å²) in [6, 6.07) is 10.5. The number of benzene rings is 1. The smallest absolute Gasteiger partial charge is 0.203 e. The van der Waals surface area contributed by atoms with E-state index in [1.807, 2.05) is 37.2 Å². The molecule has 2 N–H and O–H groups in total. The second kappa shape index (κ2) is 7.35. The van der Waals surface area contributed by atoms with Crippen LogP contribution in [0.15, 0.2) is 53.7 Å². The number of hydrogen-bond donors (Lipinski definition) is 2. The Hall–Kier alpha value is -2.58. The first-order valence-corrected chi connectivity index (χ1v) is 11.2. The minimum absolute atomic E-state index is 0.0906. The Bertz CT molecular complexity index is 1130. The van der Waals surface area contributed by atoms with Gasteiger partial charge in [0.15, 0.2) is 4.87 Å². The van der Waals surface area contributed by atoms with Crippen molar-refractivity contribution < 1.29 is 13.2 Å². The van der Waals surface area contributed by atoms with E-state index in [-0.39, 0.29) is 10.8 Å². The second-order valence-corrected chi connectivity index (χ2v) is 9.71. The average Bonchev–Trinajstić information content (AvgIpc) is 3.22. The van der Waals surface area contributed by atoms with Gasteiger partial charge in [-0.3, -0.25) is 0 Å². The number of ether oxygens (including phenoxy) is 1. The lowest BCUT2D eigenvalue weighted by molar-refractivity contribution is 0.291. The fraction of sp³-hybridized carbons (Fsp3) is 0.381. The number of aromatic amines is 1. The molecule has 0 radical (unpaired) electrons. The predicted octanol–water partition coefficient (Wildman–Crippen LogP) is 2.81. The number of sulfone groups is 1. The van der Waals surface area contributed by atoms with Crippen LogP contribution < -0.4 is 15.0 Å². The van der Waals surface area contributed by atoms with Crippen LogP contribution in [0.4, 0.5) is 5.69 Å². The van der Waals surface area contributed by atoms with Crippen LogP contribution in [0.1, 0.15) is 13.3 Å². The maximum absolute atomic E-state index is 14.1. The van der Waals surface area contributed by atoms with E-state index in [2.05, 4.69) is 15.3 Å². The number of fused-ring (bicyclic) bond motifs is 1. The Morgan fingerprint density at radius 2 is 2.10 bits per heavy atom. The zero-order chi connectivity index (χ0) is 20.6. The molecule has 3 heterocycles. The third kappa shape index (κ3) is 2.98. The summed E-state index contributed by atoms with van der Waals surface area (Å²) in [4.78, 5) is 8.48. The molecule has 1 aromatic carbocycles. The van der Waals surface area contributed by atoms with Crippen molar-refractivity contribution in [2.24, 2.45) is 5.92 Å². The third-order valence-corrected chi connectivity index (χ3v) is 8.71. The van der Waals surface area contributed by atoms with Crippen molar-refractivity contribution in [1.29, 1.82) is 0 Å². The highest BCUT2D eigenvalue weighted by atomic mass is 32.2. The summed E-state index contributed by atoms with van der Waals surface area (Å²) in [6.45, 7) is 3.14. The van der Waals surface area contributed by atoms with Crippen LogP contribution >= 0.6 is 0 Å². The summed E-state index contributed by atoms with van der Waals surface area (Å²) >= 11 is 0. The van der Waals surface area contributed by atoms with Gasteiger partial charge in [0, 0.05) is 31.4 Å². The molecule has 29 heavy (non-hydrogen) atoms. The van der Waals surface area contributed by atoms with E-state index < -0.39 is 14.7 Å². The van der Waals surface area contributed by atoms with Gasteiger partial charge in [-0.2, -0.15) is 0 Å². The van der Waals surface area contributed by atoms with Gasteiger partial charge in [0.05, 0.1) is 17.7 Å². The summed E-state index contributed by atoms with van der Waals surface area (Å²) < 4.78 is 33.5. The fourth-order valence-corrected chi connectivity index (χ4v) is 6.73. The highest BCUT2D eigenvalue weighted by molar-refractivity contribution is 7.93. The number of nitrogens with one attached hydrogen (secondary N) is 2. The summed E-state index contributed by atoms with van der Waals surface area (Å²) in [6.07, 6.45) is 4.28. The summed E-state index contributed by atoms with van der Waals surface area (Å²) in [5, 5.41) is 4.22. The molecule has 1 saturated heterocycles. The fourth-order valence-electron chi connectivity index (χ4n) is 4.39. The molecular formula is C21H26N4O3S. The normalized spacial score (nSPS) is 22.5. The number of piperidine rings is 1. The minimum atomic E-state index is -3.75. The molecule has 0 spiro atoms. The van der Waals surface area contributed by atoms with Crippen LogP contribution in [-0.4, -0.2) is 50.5 Å². The van der Waals surface area contributed by atoms with E-state index in [0.717, 1.165) is 29.7 Å². The van der Waals surface area contributed by atoms with E-state index in [0.29, 0.717) is 12.3 Å². The monoisotopic (exact) mass is 414 g/mol. The number of aromatic nitrogens is 2. The quantitative estimate of drug-likeness (QED) is 0.668. The molecule has 4 rings (SSSR count). The van der Waals surface area contributed by atoms with Crippen LogP contribution in [0.5, 0.6) is 5.75 Å². The van der Waals surface area contributed by atoms with E-state index in [1.165, 1.54) is 7.11 Å². The number of pyridine rings is 1. The van der Waals surface area contributed by atoms with Crippen LogP contribution in [-0.2, 0) is 9.84 Å². The van der Waals surface area contributed by atoms with Gasteiger partial charge in [0.25, 0.3) is 0 Å². The summed E-state index contributed by atoms with van der Waals surface area (Å²) in [5.74, 6) is 0.435. The number of likely N-dealkylation sites (N-methyl/N-ethyl adjacent to an activating group) is 1. The molecule has 3 aromatic rings. The number of hydrogen-bond acceptors (Lipinski definition) is 6. The molecule has 2 aromatic heterocycles. The average molecular weight is 415 g/mol. The molecule has 0 aliphatic carbocycles. The molecular weight excluding hydrogens is 388 g/mol. The lowest BCUT2D eigenvalue weighted by atomic mass is 9.92. The van der Waals surface area contributed by atoms with Crippen molar-refractivity contribution in [2.45, 2.75) is 23.1 Å². The molecule has 0 unspecified atom stereocenters. The molecule has 1 aliphatic rings. The number of nitrogens with zero attached hydrogens (tertiary/aromatic N) is 2. The molecule has 8 heteroatoms. The molecule has 7 nitrogen and oxygen atoms in total. The summed E-state index contributed by atoms with van der Waals surface area (Å²) in [7, 11) is -0.348. The molecule has 0 saturated carbocycles. The third-order valence-electron chi connectivity index (χ3n) is 6.09. The highest BCUT2D eigenvalue weighted by Gasteiger charge is 2.53. The number of H-pyrrole nitrogens is 1. The van der Waals surface area contributed by atoms with E-state index in [9.17, 15) is 8.42 Å². The Labute approximate surface area is 171 Å². The van der Waals surface area contributed by atoms with E-state index in [4.69, 9.17) is 4.74 Å². The minimum Gasteiger partial charge on any atom is -0.497 e. The van der Waals surface area contributed by atoms with Gasteiger partial charge in [-0.25, -0.2) is 13.4 Å². The van der Waals surface area contributed by atoms with E-state index >= 15 is 0 Å². The van der Waals surface area contributed by atoms with Gasteiger partial charge in [0.1, 0.15) is 11.4 Å². The zero-order valence-electron chi connectivity index (χ0n) is 16.8. The predicted molar refractivity (Wildman–Crippen MR) is 114 cm³/mol. The van der Waals surface area contributed by atoms with Gasteiger partial charge in [0.2, 0.25) is 9.84 Å². The Kier molecular flexibility index (Phi) is 5.00. The first kappa shape index (κ1) is 19.7. The lowest BCUT2D eigenvalue weighted by Gasteiger charge is -2.49. The zero-order valence-corrected chi connectivity index (χ0v) is 17.7. The highest BCUT2D eigenvalue weighted by Crippen LogP contribution is 2.42. The number of anilines is 1. The van der Waals surface area contributed by atoms with Crippen molar-refractivity contribution in [3.63, 3.8) is 0 Å². The molecule has 154 valence electrons. The topological polar surface area (TPSA) is 87.3 Å². The first-order valence-electron chi connectivity index (χ1n) is 9.67. The first-order chi connectivity index (χ1) is 13.9. The van der Waals surface area contributed by atoms with Crippen molar-refractivity contribution in [2.75, 3.05) is 32.1 Å². The van der Waals surface area contributed by atoms with Crippen molar-refractivity contribution in [3.8, 4) is 5.75 Å². The van der Waals surface area contributed by atoms with Crippen molar-refractivity contribution in [3.05, 3.63) is 48.8 Å². The SMILES string of the molecule is COc1cccc(S(=O)(=O)[C@@]2(N(C)c3ccnc4[nH]ccc34)CNCC[C@H]2C)c1. The Morgan fingerprint density at radius 3 is 2.86 bits per heavy atom. The largest absolute Gasteiger partial charge is 0.497 e. The van der Waals surface area contributed by atoms with Gasteiger partial charge in [-0.1, -0.05) is 13.0 Å². The molecule has 1 aliphatic heterocycles. The molecule has 0 bridgehead atoms. The van der Waals surface area contributed by atoms with Crippen molar-refractivity contribution >= 4 is 26.6 Å². The molecule has 0 amide bonds. The number of rotatable bonds is 5. The lowest BCUT2D eigenvalue weighted by Crippen LogP contribution is -2.65. The Balaban J connectivity index is 1.92. The van der Waals surface area contributed by atoms with Crippen molar-refractivity contribution in [1.82, 2.24) is 15.3 Å².